The lowest BCUT2D eigenvalue weighted by molar-refractivity contribution is 1.37. The van der Waals surface area contributed by atoms with Crippen LogP contribution in [-0.2, 0) is 0 Å². The van der Waals surface area contributed by atoms with Gasteiger partial charge in [0, 0.05) is 0 Å². The Labute approximate surface area is 175 Å². The maximum Gasteiger partial charge on any atom is 0.0986 e. The minimum atomic E-state index is -1.70. The van der Waals surface area contributed by atoms with Gasteiger partial charge in [0.05, 0.1) is 24.2 Å². The molecule has 0 fully saturated rings. The molecule has 28 heavy (non-hydrogen) atoms. The third-order valence-corrected chi connectivity index (χ3v) is 21.6. The molecular formula is C25H36Si3. The van der Waals surface area contributed by atoms with Crippen LogP contribution in [-0.4, -0.2) is 24.2 Å². The van der Waals surface area contributed by atoms with Crippen LogP contribution in [0.5, 0.6) is 0 Å². The van der Waals surface area contributed by atoms with E-state index in [0.29, 0.717) is 0 Å². The SMILES string of the molecule is CC[Si]1(C)C([Si](C)(C)C)=C(c2ccccc2)C(c2ccccc2)=C1[Si](C)(C)C. The topological polar surface area (TPSA) is 0 Å². The molecule has 1 aliphatic rings. The summed E-state index contributed by atoms with van der Waals surface area (Å²) in [6, 6.07) is 23.8. The smallest absolute Gasteiger partial charge is 0.0787 e. The Bertz CT molecular complexity index is 834. The van der Waals surface area contributed by atoms with Gasteiger partial charge in [0.15, 0.2) is 0 Å². The van der Waals surface area contributed by atoms with Crippen molar-refractivity contribution in [3.05, 3.63) is 81.4 Å². The molecule has 0 spiro atoms. The summed E-state index contributed by atoms with van der Waals surface area (Å²) in [4.78, 5) is 3.79. The monoisotopic (exact) mass is 420 g/mol. The van der Waals surface area contributed by atoms with Gasteiger partial charge < -0.3 is 0 Å². The number of hydrogen-bond acceptors (Lipinski definition) is 0. The predicted molar refractivity (Wildman–Crippen MR) is 136 cm³/mol. The van der Waals surface area contributed by atoms with Gasteiger partial charge in [0.2, 0.25) is 0 Å². The zero-order valence-corrected chi connectivity index (χ0v) is 22.0. The summed E-state index contributed by atoms with van der Waals surface area (Å²) >= 11 is 0. The van der Waals surface area contributed by atoms with Crippen molar-refractivity contribution in [3.8, 4) is 0 Å². The van der Waals surface area contributed by atoms with Gasteiger partial charge in [0.1, 0.15) is 0 Å². The van der Waals surface area contributed by atoms with Crippen molar-refractivity contribution in [1.82, 2.24) is 0 Å². The van der Waals surface area contributed by atoms with Crippen LogP contribution in [0.3, 0.4) is 0 Å². The minimum Gasteiger partial charge on any atom is -0.0787 e. The van der Waals surface area contributed by atoms with E-state index in [-0.39, 0.29) is 0 Å². The average Bonchev–Trinajstić information content (AvgIpc) is 2.93. The molecule has 0 bridgehead atoms. The van der Waals surface area contributed by atoms with Crippen LogP contribution < -0.4 is 0 Å². The molecule has 0 amide bonds. The van der Waals surface area contributed by atoms with Gasteiger partial charge in [-0.1, -0.05) is 129 Å². The van der Waals surface area contributed by atoms with Crippen molar-refractivity contribution in [2.75, 3.05) is 0 Å². The fourth-order valence-corrected chi connectivity index (χ4v) is 25.5. The summed E-state index contributed by atoms with van der Waals surface area (Å²) in [6.07, 6.45) is 0. The Hall–Kier alpha value is -1.43. The van der Waals surface area contributed by atoms with Gasteiger partial charge in [-0.2, -0.15) is 0 Å². The zero-order valence-electron chi connectivity index (χ0n) is 19.0. The van der Waals surface area contributed by atoms with Crippen molar-refractivity contribution in [2.45, 2.75) is 58.8 Å². The van der Waals surface area contributed by atoms with Crippen LogP contribution in [0.15, 0.2) is 70.3 Å². The summed E-state index contributed by atoms with van der Waals surface area (Å²) in [5, 5.41) is 0. The molecule has 1 heterocycles. The molecule has 0 saturated carbocycles. The number of allylic oxidation sites excluding steroid dienone is 2. The molecule has 0 atom stereocenters. The van der Waals surface area contributed by atoms with Crippen molar-refractivity contribution >= 4 is 35.4 Å². The van der Waals surface area contributed by atoms with Gasteiger partial charge in [-0.25, -0.2) is 0 Å². The lowest BCUT2D eigenvalue weighted by Gasteiger charge is -2.40. The third kappa shape index (κ3) is 3.60. The van der Waals surface area contributed by atoms with Crippen LogP contribution in [0.2, 0.25) is 51.9 Å². The van der Waals surface area contributed by atoms with Crippen molar-refractivity contribution in [3.63, 3.8) is 0 Å². The van der Waals surface area contributed by atoms with Gasteiger partial charge in [-0.15, -0.1) is 0 Å². The summed E-state index contributed by atoms with van der Waals surface area (Å²) in [6.45, 7) is 20.6. The van der Waals surface area contributed by atoms with E-state index in [2.05, 4.69) is 113 Å². The fraction of sp³-hybridized carbons (Fsp3) is 0.360. The second-order valence-corrected chi connectivity index (χ2v) is 25.8. The van der Waals surface area contributed by atoms with E-state index < -0.39 is 24.2 Å². The highest BCUT2D eigenvalue weighted by Crippen LogP contribution is 2.54. The van der Waals surface area contributed by atoms with Crippen molar-refractivity contribution < 1.29 is 0 Å². The maximum atomic E-state index is 2.69. The number of hydrogen-bond donors (Lipinski definition) is 0. The van der Waals surface area contributed by atoms with Crippen LogP contribution in [0.4, 0.5) is 0 Å². The molecule has 0 N–H and O–H groups in total. The van der Waals surface area contributed by atoms with Gasteiger partial charge in [0.25, 0.3) is 0 Å². The van der Waals surface area contributed by atoms with Crippen molar-refractivity contribution in [2.24, 2.45) is 0 Å². The summed E-state index contributed by atoms with van der Waals surface area (Å²) in [7, 11) is -4.70. The molecule has 0 aliphatic carbocycles. The maximum absolute atomic E-state index is 2.69. The fourth-order valence-electron chi connectivity index (χ4n) is 5.47. The molecule has 3 heteroatoms. The van der Waals surface area contributed by atoms with Crippen LogP contribution in [0, 0.1) is 0 Å². The summed E-state index contributed by atoms with van der Waals surface area (Å²) < 4.78 is 0. The molecule has 0 nitrogen and oxygen atoms in total. The quantitative estimate of drug-likeness (QED) is 0.432. The normalized spacial score (nSPS) is 17.4. The van der Waals surface area contributed by atoms with E-state index in [4.69, 9.17) is 0 Å². The van der Waals surface area contributed by atoms with Gasteiger partial charge in [-0.05, 0) is 22.3 Å². The highest BCUT2D eigenvalue weighted by molar-refractivity contribution is 7.19. The first-order valence-corrected chi connectivity index (χ1v) is 20.3. The highest BCUT2D eigenvalue weighted by Gasteiger charge is 2.51. The largest absolute Gasteiger partial charge is 0.0986 e. The Balaban J connectivity index is 2.52. The standard InChI is InChI=1S/C25H36Si3/c1-9-28(8)24(26(2,3)4)22(20-16-12-10-13-17-20)23(25(28)27(5,6)7)21-18-14-11-15-19-21/h10-19H,9H2,1-8H3. The molecule has 3 rings (SSSR count). The zero-order chi connectivity index (χ0) is 20.7. The van der Waals surface area contributed by atoms with Crippen LogP contribution in [0.25, 0.3) is 11.1 Å². The van der Waals surface area contributed by atoms with Gasteiger partial charge in [-0.3, -0.25) is 0 Å². The lowest BCUT2D eigenvalue weighted by atomic mass is 9.95. The highest BCUT2D eigenvalue weighted by atomic mass is 28.4. The van der Waals surface area contributed by atoms with E-state index >= 15 is 0 Å². The first-order chi connectivity index (χ1) is 13.0. The summed E-state index contributed by atoms with van der Waals surface area (Å²) in [5.74, 6) is 0. The van der Waals surface area contributed by atoms with Crippen molar-refractivity contribution in [1.29, 1.82) is 0 Å². The lowest BCUT2D eigenvalue weighted by Crippen LogP contribution is -2.50. The summed E-state index contributed by atoms with van der Waals surface area (Å²) in [5.41, 5.74) is 6.08. The van der Waals surface area contributed by atoms with E-state index in [0.717, 1.165) is 0 Å². The number of benzene rings is 2. The predicted octanol–water partition coefficient (Wildman–Crippen LogP) is 7.84. The van der Waals surface area contributed by atoms with E-state index in [1.807, 2.05) is 9.64 Å². The molecular weight excluding hydrogens is 385 g/mol. The van der Waals surface area contributed by atoms with E-state index in [1.54, 1.807) is 11.1 Å². The Morgan fingerprint density at radius 3 is 1.18 bits per heavy atom. The second kappa shape index (κ2) is 7.43. The average molecular weight is 421 g/mol. The van der Waals surface area contributed by atoms with Gasteiger partial charge >= 0.3 is 0 Å². The molecule has 0 radical (unpaired) electrons. The first-order valence-electron chi connectivity index (χ1n) is 10.6. The van der Waals surface area contributed by atoms with Crippen LogP contribution in [0.1, 0.15) is 18.1 Å². The minimum absolute atomic E-state index is 1.32. The van der Waals surface area contributed by atoms with Crippen LogP contribution >= 0.6 is 0 Å². The molecule has 0 saturated heterocycles. The molecule has 0 unspecified atom stereocenters. The number of rotatable bonds is 5. The third-order valence-electron chi connectivity index (χ3n) is 6.19. The molecule has 1 aliphatic heterocycles. The van der Waals surface area contributed by atoms with E-state index in [9.17, 15) is 0 Å². The molecule has 0 aromatic heterocycles. The molecule has 2 aromatic carbocycles. The first kappa shape index (κ1) is 21.3. The molecule has 2 aromatic rings. The molecule has 148 valence electrons. The second-order valence-electron chi connectivity index (χ2n) is 10.4. The Morgan fingerprint density at radius 2 is 0.929 bits per heavy atom. The Morgan fingerprint density at radius 1 is 0.607 bits per heavy atom. The van der Waals surface area contributed by atoms with E-state index in [1.165, 1.54) is 17.2 Å². The Kier molecular flexibility index (Phi) is 5.65.